The quantitative estimate of drug-likeness (QED) is 0.0618. The number of carbonyl (C=O) groups is 1. The third kappa shape index (κ3) is 17.0. The van der Waals surface area contributed by atoms with Crippen molar-refractivity contribution in [1.29, 1.82) is 0 Å². The molecular weight excluding hydrogens is 581 g/mol. The fourth-order valence-corrected chi connectivity index (χ4v) is 12.6. The van der Waals surface area contributed by atoms with Crippen molar-refractivity contribution in [2.45, 2.75) is 194 Å². The van der Waals surface area contributed by atoms with Crippen LogP contribution in [0.15, 0.2) is 24.3 Å². The van der Waals surface area contributed by atoms with E-state index in [0.29, 0.717) is 12.1 Å². The van der Waals surface area contributed by atoms with E-state index in [1.165, 1.54) is 154 Å². The molecule has 3 nitrogen and oxygen atoms in total. The second kappa shape index (κ2) is 27.0. The molecule has 1 atom stereocenters. The van der Waals surface area contributed by atoms with Crippen LogP contribution in [-0.2, 0) is 0 Å². The van der Waals surface area contributed by atoms with Crippen molar-refractivity contribution in [3.63, 3.8) is 0 Å². The van der Waals surface area contributed by atoms with Gasteiger partial charge in [0.15, 0.2) is 6.23 Å². The average Bonchev–Trinajstić information content (AvgIpc) is 3.31. The molecule has 1 aromatic rings. The lowest BCUT2D eigenvalue weighted by Crippen LogP contribution is -2.28. The van der Waals surface area contributed by atoms with Gasteiger partial charge >= 0.3 is 0 Å². The van der Waals surface area contributed by atoms with Gasteiger partial charge in [0.2, 0.25) is 0 Å². The van der Waals surface area contributed by atoms with Crippen LogP contribution in [0.25, 0.3) is 0 Å². The van der Waals surface area contributed by atoms with Crippen LogP contribution < -0.4 is 0 Å². The number of hydrogen-bond acceptors (Lipinski definition) is 2. The van der Waals surface area contributed by atoms with Gasteiger partial charge in [-0.2, -0.15) is 0 Å². The van der Waals surface area contributed by atoms with E-state index in [2.05, 4.69) is 20.8 Å². The number of unbranched alkanes of at least 4 members (excludes halogenated alkanes) is 22. The van der Waals surface area contributed by atoms with Gasteiger partial charge in [-0.3, -0.25) is 4.79 Å². The summed E-state index contributed by atoms with van der Waals surface area (Å²) < 4.78 is 0. The molecule has 1 aliphatic heterocycles. The van der Waals surface area contributed by atoms with Crippen LogP contribution in [0.2, 0.25) is 0 Å². The predicted molar refractivity (Wildman–Crippen MR) is 206 cm³/mol. The molecule has 0 radical (unpaired) electrons. The van der Waals surface area contributed by atoms with Crippen LogP contribution in [0, 0.1) is 0 Å². The van der Waals surface area contributed by atoms with Crippen LogP contribution >= 0.6 is 7.26 Å². The summed E-state index contributed by atoms with van der Waals surface area (Å²) in [6.07, 6.45) is 42.0. The summed E-state index contributed by atoms with van der Waals surface area (Å²) in [7, 11) is -0.828. The number of fused-ring (bicyclic) bond motifs is 1. The number of amides is 1. The summed E-state index contributed by atoms with van der Waals surface area (Å²) in [4.78, 5) is 14.3. The number of hydrogen-bond donors (Lipinski definition) is 1. The van der Waals surface area contributed by atoms with Crippen molar-refractivity contribution >= 4 is 13.2 Å². The molecule has 266 valence electrons. The number of benzene rings is 1. The maximum absolute atomic E-state index is 12.6. The first-order valence-electron chi connectivity index (χ1n) is 20.5. The lowest BCUT2D eigenvalue weighted by Gasteiger charge is -2.28. The molecule has 1 aliphatic rings. The summed E-state index contributed by atoms with van der Waals surface area (Å²) in [5, 5.41) is 10.6. The van der Waals surface area contributed by atoms with Crippen LogP contribution in [0.3, 0.4) is 0 Å². The fourth-order valence-electron chi connectivity index (χ4n) is 7.72. The lowest BCUT2D eigenvalue weighted by molar-refractivity contribution is 0.0169. The zero-order valence-corrected chi connectivity index (χ0v) is 32.0. The molecule has 1 N–H and O–H groups in total. The van der Waals surface area contributed by atoms with E-state index >= 15 is 0 Å². The first-order valence-corrected chi connectivity index (χ1v) is 23.0. The first kappa shape index (κ1) is 41.3. The minimum Gasteiger partial charge on any atom is -0.369 e. The second-order valence-corrected chi connectivity index (χ2v) is 19.3. The Labute approximate surface area is 287 Å². The predicted octanol–water partition coefficient (Wildman–Crippen LogP) is 13.4. The highest BCUT2D eigenvalue weighted by Gasteiger charge is 2.35. The fraction of sp³-hybridized carbons (Fsp3) is 0.833. The highest BCUT2D eigenvalue weighted by molar-refractivity contribution is 7.75. The van der Waals surface area contributed by atoms with E-state index in [1.807, 2.05) is 24.3 Å². The monoisotopic (exact) mass is 659 g/mol. The van der Waals surface area contributed by atoms with Crippen LogP contribution in [0.5, 0.6) is 0 Å². The molecule has 4 heteroatoms. The number of aliphatic hydroxyl groups is 1. The van der Waals surface area contributed by atoms with Gasteiger partial charge in [-0.25, -0.2) is 0 Å². The first-order chi connectivity index (χ1) is 22.6. The van der Waals surface area contributed by atoms with Gasteiger partial charge in [0, 0.05) is 24.9 Å². The Bertz CT molecular complexity index is 832. The minimum absolute atomic E-state index is 0.00787. The summed E-state index contributed by atoms with van der Waals surface area (Å²) in [6.45, 7) is 7.67. The number of nitrogens with zero attached hydrogens (tertiary/aromatic N) is 1. The molecule has 0 bridgehead atoms. The number of aliphatic hydroxyl groups excluding tert-OH is 1. The molecule has 0 aromatic heterocycles. The Morgan fingerprint density at radius 1 is 0.522 bits per heavy atom. The van der Waals surface area contributed by atoms with Crippen molar-refractivity contribution in [2.75, 3.05) is 31.2 Å². The highest BCUT2D eigenvalue weighted by atomic mass is 31.2. The van der Waals surface area contributed by atoms with Crippen molar-refractivity contribution < 1.29 is 9.90 Å². The van der Waals surface area contributed by atoms with E-state index in [4.69, 9.17) is 0 Å². The van der Waals surface area contributed by atoms with E-state index < -0.39 is 13.5 Å². The van der Waals surface area contributed by atoms with Gasteiger partial charge in [-0.15, -0.1) is 0 Å². The smallest absolute Gasteiger partial charge is 0.256 e. The van der Waals surface area contributed by atoms with Crippen LogP contribution in [0.1, 0.15) is 210 Å². The zero-order chi connectivity index (χ0) is 33.1. The van der Waals surface area contributed by atoms with Crippen LogP contribution in [-0.4, -0.2) is 47.1 Å². The summed E-state index contributed by atoms with van der Waals surface area (Å²) in [6, 6.07) is 7.50. The van der Waals surface area contributed by atoms with Crippen molar-refractivity contribution in [3.8, 4) is 0 Å². The topological polar surface area (TPSA) is 40.5 Å². The molecule has 1 unspecified atom stereocenters. The van der Waals surface area contributed by atoms with E-state index in [9.17, 15) is 9.90 Å². The molecule has 0 spiro atoms. The largest absolute Gasteiger partial charge is 0.369 e. The maximum Gasteiger partial charge on any atom is 0.256 e. The van der Waals surface area contributed by atoms with E-state index in [1.54, 1.807) is 29.5 Å². The molecule has 0 saturated heterocycles. The Morgan fingerprint density at radius 2 is 0.870 bits per heavy atom. The molecular formula is C42H77NO2P+. The molecule has 1 amide bonds. The van der Waals surface area contributed by atoms with Gasteiger partial charge in [-0.05, 0) is 63.9 Å². The average molecular weight is 659 g/mol. The molecule has 2 rings (SSSR count). The molecule has 1 aromatic carbocycles. The SMILES string of the molecule is CCCCCCCC[P+](CCCCCCCC)(CCCCCCCC)CCCCCCCCCCN1C(=O)c2ccccc2C1O. The van der Waals surface area contributed by atoms with Gasteiger partial charge in [-0.1, -0.05) is 148 Å². The van der Waals surface area contributed by atoms with Gasteiger partial charge < -0.3 is 10.0 Å². The summed E-state index contributed by atoms with van der Waals surface area (Å²) >= 11 is 0. The summed E-state index contributed by atoms with van der Waals surface area (Å²) in [5.74, 6) is -0.00787. The Kier molecular flexibility index (Phi) is 24.2. The second-order valence-electron chi connectivity index (χ2n) is 14.8. The lowest BCUT2D eigenvalue weighted by atomic mass is 10.1. The van der Waals surface area contributed by atoms with Crippen molar-refractivity contribution in [3.05, 3.63) is 35.4 Å². The maximum atomic E-state index is 12.6. The molecule has 0 fully saturated rings. The Hall–Kier alpha value is -0.920. The van der Waals surface area contributed by atoms with Crippen LogP contribution in [0.4, 0.5) is 0 Å². The third-order valence-corrected chi connectivity index (χ3v) is 15.8. The zero-order valence-electron chi connectivity index (χ0n) is 31.1. The standard InChI is InChI=1S/C42H77NO2P/c1-4-7-10-13-21-28-35-46(36-29-22-14-11-8-5-2,37-30-23-15-12-9-6-3)38-31-24-19-17-16-18-20-27-34-43-41(44)39-32-25-26-33-40(39)42(43)45/h25-26,32-33,41,44H,4-24,27-31,34-38H2,1-3H3/q+1. The Balaban J connectivity index is 1.73. The van der Waals surface area contributed by atoms with Gasteiger partial charge in [0.1, 0.15) is 0 Å². The van der Waals surface area contributed by atoms with Gasteiger partial charge in [0.25, 0.3) is 5.91 Å². The molecule has 0 aliphatic carbocycles. The third-order valence-electron chi connectivity index (χ3n) is 10.8. The normalized spacial score (nSPS) is 14.8. The molecule has 46 heavy (non-hydrogen) atoms. The van der Waals surface area contributed by atoms with Crippen molar-refractivity contribution in [2.24, 2.45) is 0 Å². The molecule has 1 heterocycles. The number of rotatable bonds is 32. The highest BCUT2D eigenvalue weighted by Crippen LogP contribution is 2.61. The van der Waals surface area contributed by atoms with Gasteiger partial charge in [0.05, 0.1) is 24.6 Å². The minimum atomic E-state index is -0.828. The summed E-state index contributed by atoms with van der Waals surface area (Å²) in [5.41, 5.74) is 1.44. The number of carbonyl (C=O) groups excluding carboxylic acids is 1. The van der Waals surface area contributed by atoms with E-state index in [0.717, 1.165) is 18.4 Å². The van der Waals surface area contributed by atoms with E-state index in [-0.39, 0.29) is 5.91 Å². The molecule has 0 saturated carbocycles. The van der Waals surface area contributed by atoms with Crippen molar-refractivity contribution in [1.82, 2.24) is 4.90 Å². The Morgan fingerprint density at radius 3 is 1.26 bits per heavy atom.